The average Bonchev–Trinajstić information content (AvgIpc) is 3.35. The van der Waals surface area contributed by atoms with E-state index in [2.05, 4.69) is 25.4 Å². The lowest BCUT2D eigenvalue weighted by molar-refractivity contribution is -0.155. The molecule has 2 aliphatic rings. The van der Waals surface area contributed by atoms with Gasteiger partial charge in [0.2, 0.25) is 0 Å². The van der Waals surface area contributed by atoms with E-state index >= 15 is 0 Å². The van der Waals surface area contributed by atoms with Crippen molar-refractivity contribution in [2.45, 2.75) is 44.1 Å². The molecular formula is C25H29F4N7. The third kappa shape index (κ3) is 5.36. The molecule has 7 nitrogen and oxygen atoms in total. The van der Waals surface area contributed by atoms with E-state index in [-0.39, 0.29) is 18.8 Å². The highest BCUT2D eigenvalue weighted by Gasteiger charge is 2.41. The largest absolute Gasteiger partial charge is 0.401 e. The van der Waals surface area contributed by atoms with Crippen LogP contribution in [0.2, 0.25) is 0 Å². The highest BCUT2D eigenvalue weighted by molar-refractivity contribution is 5.48. The van der Waals surface area contributed by atoms with Gasteiger partial charge in [0.1, 0.15) is 12.7 Å². The number of halogens is 4. The van der Waals surface area contributed by atoms with Crippen LogP contribution in [-0.4, -0.2) is 80.7 Å². The fourth-order valence-corrected chi connectivity index (χ4v) is 5.20. The number of fused-ring (bicyclic) bond motifs is 1. The molecule has 0 saturated carbocycles. The molecule has 1 saturated heterocycles. The van der Waals surface area contributed by atoms with E-state index in [0.717, 1.165) is 42.1 Å². The van der Waals surface area contributed by atoms with Crippen LogP contribution in [-0.2, 0) is 6.42 Å². The molecule has 0 bridgehead atoms. The predicted octanol–water partition coefficient (Wildman–Crippen LogP) is 4.02. The summed E-state index contributed by atoms with van der Waals surface area (Å²) in [6.45, 7) is 2.93. The molecule has 2 atom stereocenters. The Kier molecular flexibility index (Phi) is 6.94. The minimum Gasteiger partial charge on any atom is -0.378 e. The number of aromatic nitrogens is 4. The Labute approximate surface area is 207 Å². The van der Waals surface area contributed by atoms with Gasteiger partial charge in [0, 0.05) is 31.4 Å². The van der Waals surface area contributed by atoms with E-state index in [4.69, 9.17) is 0 Å². The second-order valence-electron chi connectivity index (χ2n) is 9.61. The number of alkyl halides is 4. The molecule has 2 aromatic heterocycles. The van der Waals surface area contributed by atoms with Crippen molar-refractivity contribution < 1.29 is 17.6 Å². The van der Waals surface area contributed by atoms with Crippen LogP contribution in [0.1, 0.15) is 36.2 Å². The second kappa shape index (κ2) is 10.1. The standard InChI is InChI=1S/C25H29F4N7/c1-17-9-18-10-21(35-15-31-32-16-35)4-5-22(18)24(36(17)14-25(27,28)29)23-6-3-19(11-30-23)33-20-12-34(13-20)8-2-7-26/h3-6,10-11,15-17,20,24,33H,2,7-9,12-14H2,1H3/t17-,24+/m1/s1. The van der Waals surface area contributed by atoms with Crippen molar-refractivity contribution in [3.05, 3.63) is 66.0 Å². The highest BCUT2D eigenvalue weighted by atomic mass is 19.4. The molecule has 4 heterocycles. The second-order valence-corrected chi connectivity index (χ2v) is 9.61. The van der Waals surface area contributed by atoms with Crippen LogP contribution >= 0.6 is 0 Å². The zero-order valence-electron chi connectivity index (χ0n) is 20.0. The van der Waals surface area contributed by atoms with Gasteiger partial charge in [-0.2, -0.15) is 13.2 Å². The number of rotatable bonds is 8. The monoisotopic (exact) mass is 503 g/mol. The SMILES string of the molecule is C[C@@H]1Cc2cc(-n3cnnc3)ccc2[C@@H](c2ccc(NC3CN(CCCF)C3)cn2)N1CC(F)(F)F. The van der Waals surface area contributed by atoms with Crippen molar-refractivity contribution >= 4 is 5.69 Å². The molecule has 36 heavy (non-hydrogen) atoms. The van der Waals surface area contributed by atoms with Crippen molar-refractivity contribution in [1.29, 1.82) is 0 Å². The van der Waals surface area contributed by atoms with E-state index in [0.29, 0.717) is 18.5 Å². The quantitative estimate of drug-likeness (QED) is 0.469. The summed E-state index contributed by atoms with van der Waals surface area (Å²) >= 11 is 0. The normalized spacial score (nSPS) is 21.2. The van der Waals surface area contributed by atoms with Crippen molar-refractivity contribution in [1.82, 2.24) is 29.5 Å². The molecule has 1 aromatic carbocycles. The molecule has 0 amide bonds. The maximum Gasteiger partial charge on any atom is 0.401 e. The van der Waals surface area contributed by atoms with Crippen molar-refractivity contribution in [2.24, 2.45) is 0 Å². The summed E-state index contributed by atoms with van der Waals surface area (Å²) < 4.78 is 54.9. The number of nitrogens with one attached hydrogen (secondary N) is 1. The van der Waals surface area contributed by atoms with Gasteiger partial charge in [-0.05, 0) is 55.2 Å². The third-order valence-electron chi connectivity index (χ3n) is 6.92. The first-order valence-electron chi connectivity index (χ1n) is 12.1. The van der Waals surface area contributed by atoms with E-state index in [1.807, 2.05) is 37.3 Å². The van der Waals surface area contributed by atoms with Gasteiger partial charge in [-0.15, -0.1) is 10.2 Å². The molecule has 1 fully saturated rings. The molecule has 0 aliphatic carbocycles. The number of likely N-dealkylation sites (tertiary alicyclic amines) is 1. The summed E-state index contributed by atoms with van der Waals surface area (Å²) in [5.41, 5.74) is 4.08. The molecule has 11 heteroatoms. The molecule has 192 valence electrons. The number of benzene rings is 1. The summed E-state index contributed by atoms with van der Waals surface area (Å²) in [5, 5.41) is 11.1. The summed E-state index contributed by atoms with van der Waals surface area (Å²) in [6.07, 6.45) is 1.59. The summed E-state index contributed by atoms with van der Waals surface area (Å²) in [5.74, 6) is 0. The van der Waals surface area contributed by atoms with Gasteiger partial charge < -0.3 is 5.32 Å². The number of pyridine rings is 1. The molecule has 0 unspecified atom stereocenters. The number of hydrogen-bond donors (Lipinski definition) is 1. The van der Waals surface area contributed by atoms with Gasteiger partial charge in [-0.1, -0.05) is 6.07 Å². The van der Waals surface area contributed by atoms with Gasteiger partial charge in [-0.25, -0.2) is 0 Å². The van der Waals surface area contributed by atoms with Gasteiger partial charge >= 0.3 is 6.18 Å². The minimum absolute atomic E-state index is 0.255. The molecule has 3 aromatic rings. The Morgan fingerprint density at radius 1 is 1.08 bits per heavy atom. The predicted molar refractivity (Wildman–Crippen MR) is 128 cm³/mol. The van der Waals surface area contributed by atoms with Gasteiger partial charge in [-0.3, -0.25) is 23.7 Å². The van der Waals surface area contributed by atoms with Gasteiger partial charge in [0.05, 0.1) is 42.9 Å². The summed E-state index contributed by atoms with van der Waals surface area (Å²) in [6, 6.07) is 8.75. The van der Waals surface area contributed by atoms with Crippen LogP contribution in [0.25, 0.3) is 5.69 Å². The van der Waals surface area contributed by atoms with Crippen LogP contribution in [0.4, 0.5) is 23.2 Å². The lowest BCUT2D eigenvalue weighted by Crippen LogP contribution is -2.54. The van der Waals surface area contributed by atoms with E-state index in [9.17, 15) is 17.6 Å². The number of nitrogens with zero attached hydrogens (tertiary/aromatic N) is 6. The Morgan fingerprint density at radius 3 is 2.53 bits per heavy atom. The number of hydrogen-bond acceptors (Lipinski definition) is 6. The molecule has 0 spiro atoms. The number of anilines is 1. The average molecular weight is 504 g/mol. The lowest BCUT2D eigenvalue weighted by Gasteiger charge is -2.42. The first-order chi connectivity index (χ1) is 17.3. The molecule has 0 radical (unpaired) electrons. The van der Waals surface area contributed by atoms with Crippen LogP contribution in [0.5, 0.6) is 0 Å². The van der Waals surface area contributed by atoms with Crippen LogP contribution in [0.15, 0.2) is 49.2 Å². The van der Waals surface area contributed by atoms with Gasteiger partial charge in [0.25, 0.3) is 0 Å². The molecule has 5 rings (SSSR count). The Bertz CT molecular complexity index is 1140. The van der Waals surface area contributed by atoms with E-state index < -0.39 is 18.8 Å². The van der Waals surface area contributed by atoms with Crippen molar-refractivity contribution in [2.75, 3.05) is 38.2 Å². The zero-order chi connectivity index (χ0) is 25.3. The molecule has 1 N–H and O–H groups in total. The van der Waals surface area contributed by atoms with Crippen molar-refractivity contribution in [3.63, 3.8) is 0 Å². The third-order valence-corrected chi connectivity index (χ3v) is 6.92. The molecular weight excluding hydrogens is 474 g/mol. The Balaban J connectivity index is 1.39. The summed E-state index contributed by atoms with van der Waals surface area (Å²) in [7, 11) is 0. The Hall–Kier alpha value is -3.05. The van der Waals surface area contributed by atoms with E-state index in [1.54, 1.807) is 23.4 Å². The minimum atomic E-state index is -4.33. The van der Waals surface area contributed by atoms with Crippen LogP contribution < -0.4 is 5.32 Å². The van der Waals surface area contributed by atoms with Crippen molar-refractivity contribution in [3.8, 4) is 5.69 Å². The highest BCUT2D eigenvalue weighted by Crippen LogP contribution is 2.39. The summed E-state index contributed by atoms with van der Waals surface area (Å²) in [4.78, 5) is 8.28. The fraction of sp³-hybridized carbons (Fsp3) is 0.480. The first kappa shape index (κ1) is 24.6. The lowest BCUT2D eigenvalue weighted by atomic mass is 9.86. The van der Waals surface area contributed by atoms with Crippen LogP contribution in [0, 0.1) is 0 Å². The zero-order valence-corrected chi connectivity index (χ0v) is 20.0. The smallest absolute Gasteiger partial charge is 0.378 e. The van der Waals surface area contributed by atoms with E-state index in [1.165, 1.54) is 4.90 Å². The maximum atomic E-state index is 13.6. The topological polar surface area (TPSA) is 62.1 Å². The van der Waals surface area contributed by atoms with Gasteiger partial charge in [0.15, 0.2) is 0 Å². The van der Waals surface area contributed by atoms with Crippen LogP contribution in [0.3, 0.4) is 0 Å². The maximum absolute atomic E-state index is 13.6. The Morgan fingerprint density at radius 2 is 1.86 bits per heavy atom. The first-order valence-corrected chi connectivity index (χ1v) is 12.1. The molecule has 2 aliphatic heterocycles. The fourth-order valence-electron chi connectivity index (χ4n) is 5.20.